The van der Waals surface area contributed by atoms with Gasteiger partial charge in [-0.25, -0.2) is 0 Å². The lowest BCUT2D eigenvalue weighted by atomic mass is 10.1. The monoisotopic (exact) mass is 245 g/mol. The maximum atomic E-state index is 4.08. The van der Waals surface area contributed by atoms with Crippen molar-refractivity contribution in [3.63, 3.8) is 0 Å². The van der Waals surface area contributed by atoms with Crippen LogP contribution in [-0.2, 0) is 6.54 Å². The molecule has 0 N–H and O–H groups in total. The zero-order valence-electron chi connectivity index (χ0n) is 11.1. The van der Waals surface area contributed by atoms with E-state index in [1.54, 1.807) is 0 Å². The molecular formula is C15H23N3. The van der Waals surface area contributed by atoms with Crippen LogP contribution >= 0.6 is 0 Å². The molecule has 0 spiro atoms. The lowest BCUT2D eigenvalue weighted by Crippen LogP contribution is -2.49. The Labute approximate surface area is 110 Å². The van der Waals surface area contributed by atoms with Gasteiger partial charge in [-0.2, -0.15) is 0 Å². The molecule has 2 fully saturated rings. The molecule has 2 aliphatic rings. The van der Waals surface area contributed by atoms with Crippen molar-refractivity contribution in [2.75, 3.05) is 26.2 Å². The molecule has 3 heteroatoms. The van der Waals surface area contributed by atoms with E-state index in [2.05, 4.69) is 26.9 Å². The summed E-state index contributed by atoms with van der Waals surface area (Å²) in [7, 11) is 0. The number of nitrogens with zero attached hydrogens (tertiary/aromatic N) is 3. The third-order valence-corrected chi connectivity index (χ3v) is 4.40. The number of aromatic nitrogens is 1. The number of hydrogen-bond donors (Lipinski definition) is 0. The van der Waals surface area contributed by atoms with Gasteiger partial charge in [-0.15, -0.1) is 0 Å². The Balaban J connectivity index is 1.48. The van der Waals surface area contributed by atoms with Gasteiger partial charge >= 0.3 is 0 Å². The molecule has 1 aromatic heterocycles. The highest BCUT2D eigenvalue weighted by Gasteiger charge is 2.25. The second-order valence-corrected chi connectivity index (χ2v) is 5.61. The fraction of sp³-hybridized carbons (Fsp3) is 0.667. The van der Waals surface area contributed by atoms with Crippen molar-refractivity contribution in [1.29, 1.82) is 0 Å². The quantitative estimate of drug-likeness (QED) is 0.813. The van der Waals surface area contributed by atoms with Crippen LogP contribution in [0.4, 0.5) is 0 Å². The summed E-state index contributed by atoms with van der Waals surface area (Å²) in [6, 6.07) is 5.15. The summed E-state index contributed by atoms with van der Waals surface area (Å²) in [6.07, 6.45) is 9.55. The largest absolute Gasteiger partial charge is 0.298 e. The molecule has 1 saturated heterocycles. The molecule has 1 aliphatic carbocycles. The van der Waals surface area contributed by atoms with Gasteiger partial charge in [-0.3, -0.25) is 14.8 Å². The van der Waals surface area contributed by atoms with Crippen molar-refractivity contribution in [3.05, 3.63) is 30.1 Å². The molecule has 1 aliphatic heterocycles. The molecule has 18 heavy (non-hydrogen) atoms. The van der Waals surface area contributed by atoms with Crippen molar-refractivity contribution in [2.24, 2.45) is 0 Å². The van der Waals surface area contributed by atoms with E-state index >= 15 is 0 Å². The van der Waals surface area contributed by atoms with Gasteiger partial charge in [0.1, 0.15) is 0 Å². The minimum Gasteiger partial charge on any atom is -0.298 e. The summed E-state index contributed by atoms with van der Waals surface area (Å²) in [5.74, 6) is 0. The average molecular weight is 245 g/mol. The molecule has 3 rings (SSSR count). The topological polar surface area (TPSA) is 19.4 Å². The van der Waals surface area contributed by atoms with Gasteiger partial charge in [-0.1, -0.05) is 12.8 Å². The fourth-order valence-corrected chi connectivity index (χ4v) is 3.30. The highest BCUT2D eigenvalue weighted by Crippen LogP contribution is 2.24. The van der Waals surface area contributed by atoms with Gasteiger partial charge < -0.3 is 0 Å². The molecule has 1 saturated carbocycles. The van der Waals surface area contributed by atoms with Crippen LogP contribution in [-0.4, -0.2) is 47.0 Å². The van der Waals surface area contributed by atoms with Crippen LogP contribution < -0.4 is 0 Å². The summed E-state index contributed by atoms with van der Waals surface area (Å²) in [4.78, 5) is 9.36. The van der Waals surface area contributed by atoms with Gasteiger partial charge in [0, 0.05) is 51.2 Å². The minimum atomic E-state index is 0.896. The second kappa shape index (κ2) is 5.81. The number of hydrogen-bond acceptors (Lipinski definition) is 3. The summed E-state index contributed by atoms with van der Waals surface area (Å²) in [5, 5.41) is 0. The Morgan fingerprint density at radius 3 is 2.33 bits per heavy atom. The Bertz CT molecular complexity index is 351. The Morgan fingerprint density at radius 2 is 1.67 bits per heavy atom. The van der Waals surface area contributed by atoms with Crippen LogP contribution in [0.25, 0.3) is 0 Å². The van der Waals surface area contributed by atoms with Gasteiger partial charge in [0.15, 0.2) is 0 Å². The first-order chi connectivity index (χ1) is 8.92. The molecular weight excluding hydrogens is 222 g/mol. The third kappa shape index (κ3) is 2.90. The van der Waals surface area contributed by atoms with E-state index in [1.165, 1.54) is 57.4 Å². The van der Waals surface area contributed by atoms with Crippen molar-refractivity contribution in [2.45, 2.75) is 38.3 Å². The van der Waals surface area contributed by atoms with E-state index in [1.807, 2.05) is 12.4 Å². The van der Waals surface area contributed by atoms with Crippen molar-refractivity contribution >= 4 is 0 Å². The maximum absolute atomic E-state index is 4.08. The number of piperazine rings is 1. The molecule has 3 nitrogen and oxygen atoms in total. The lowest BCUT2D eigenvalue weighted by molar-refractivity contribution is 0.0937. The SMILES string of the molecule is c1cc(CN2CCN(C3CCCC3)CC2)ccn1. The summed E-state index contributed by atoms with van der Waals surface area (Å²) >= 11 is 0. The summed E-state index contributed by atoms with van der Waals surface area (Å²) in [6.45, 7) is 6.05. The van der Waals surface area contributed by atoms with E-state index in [4.69, 9.17) is 0 Å². The first-order valence-electron chi connectivity index (χ1n) is 7.27. The third-order valence-electron chi connectivity index (χ3n) is 4.40. The molecule has 0 bridgehead atoms. The van der Waals surface area contributed by atoms with Crippen molar-refractivity contribution in [1.82, 2.24) is 14.8 Å². The molecule has 98 valence electrons. The highest BCUT2D eigenvalue weighted by molar-refractivity contribution is 5.09. The Morgan fingerprint density at radius 1 is 1.00 bits per heavy atom. The molecule has 0 aromatic carbocycles. The van der Waals surface area contributed by atoms with Crippen LogP contribution in [0, 0.1) is 0 Å². The maximum Gasteiger partial charge on any atom is 0.0271 e. The van der Waals surface area contributed by atoms with E-state index in [0.29, 0.717) is 0 Å². The predicted octanol–water partition coefficient (Wildman–Crippen LogP) is 2.14. The lowest BCUT2D eigenvalue weighted by Gasteiger charge is -2.38. The van der Waals surface area contributed by atoms with Crippen molar-refractivity contribution < 1.29 is 0 Å². The number of rotatable bonds is 3. The average Bonchev–Trinajstić information content (AvgIpc) is 2.95. The molecule has 0 amide bonds. The molecule has 0 unspecified atom stereocenters. The molecule has 2 heterocycles. The zero-order valence-corrected chi connectivity index (χ0v) is 11.1. The van der Waals surface area contributed by atoms with E-state index in [9.17, 15) is 0 Å². The summed E-state index contributed by atoms with van der Waals surface area (Å²) in [5.41, 5.74) is 1.39. The zero-order chi connectivity index (χ0) is 12.2. The first kappa shape index (κ1) is 12.1. The van der Waals surface area contributed by atoms with Crippen LogP contribution in [0.3, 0.4) is 0 Å². The highest BCUT2D eigenvalue weighted by atomic mass is 15.3. The van der Waals surface area contributed by atoms with Gasteiger partial charge in [0.05, 0.1) is 0 Å². The van der Waals surface area contributed by atoms with E-state index in [-0.39, 0.29) is 0 Å². The van der Waals surface area contributed by atoms with Crippen molar-refractivity contribution in [3.8, 4) is 0 Å². The normalized spacial score (nSPS) is 23.6. The van der Waals surface area contributed by atoms with Crippen LogP contribution in [0.2, 0.25) is 0 Å². The molecule has 0 radical (unpaired) electrons. The first-order valence-corrected chi connectivity index (χ1v) is 7.27. The number of pyridine rings is 1. The van der Waals surface area contributed by atoms with Gasteiger partial charge in [0.2, 0.25) is 0 Å². The Kier molecular flexibility index (Phi) is 3.91. The molecule has 1 aromatic rings. The van der Waals surface area contributed by atoms with Gasteiger partial charge in [0.25, 0.3) is 0 Å². The smallest absolute Gasteiger partial charge is 0.0271 e. The van der Waals surface area contributed by atoms with E-state index in [0.717, 1.165) is 12.6 Å². The molecule has 0 atom stereocenters. The van der Waals surface area contributed by atoms with E-state index < -0.39 is 0 Å². The van der Waals surface area contributed by atoms with Gasteiger partial charge in [-0.05, 0) is 30.5 Å². The summed E-state index contributed by atoms with van der Waals surface area (Å²) < 4.78 is 0. The Hall–Kier alpha value is -0.930. The second-order valence-electron chi connectivity index (χ2n) is 5.61. The standard InChI is InChI=1S/C15H23N3/c1-2-4-15(3-1)18-11-9-17(10-12-18)13-14-5-7-16-8-6-14/h5-8,15H,1-4,9-13H2. The van der Waals surface area contributed by atoms with Crippen LogP contribution in [0.15, 0.2) is 24.5 Å². The van der Waals surface area contributed by atoms with Crippen LogP contribution in [0.1, 0.15) is 31.2 Å². The minimum absolute atomic E-state index is 0.896. The van der Waals surface area contributed by atoms with Crippen LogP contribution in [0.5, 0.6) is 0 Å². The fourth-order valence-electron chi connectivity index (χ4n) is 3.30. The predicted molar refractivity (Wildman–Crippen MR) is 73.3 cm³/mol.